The largest absolute Gasteiger partial charge is 0.469 e. The van der Waals surface area contributed by atoms with Crippen molar-refractivity contribution in [3.8, 4) is 0 Å². The molecule has 0 fully saturated rings. The van der Waals surface area contributed by atoms with Gasteiger partial charge in [-0.15, -0.1) is 0 Å². The standard InChI is InChI=1S/C16H22N2O5/c1-22-16(21)7-3-2-4-10-17-15(20)12-18-14(19)9-8-13-6-5-11-23-13/h5-6,8-9,11H,2-4,7,10,12H2,1H3,(H,17,20)(H,18,19). The highest BCUT2D eigenvalue weighted by molar-refractivity contribution is 5.93. The Morgan fingerprint density at radius 3 is 2.74 bits per heavy atom. The molecule has 0 unspecified atom stereocenters. The van der Waals surface area contributed by atoms with E-state index in [-0.39, 0.29) is 24.3 Å². The minimum absolute atomic E-state index is 0.0799. The molecule has 7 nitrogen and oxygen atoms in total. The molecular formula is C16H22N2O5. The Balaban J connectivity index is 2.03. The second-order valence-electron chi connectivity index (χ2n) is 4.80. The van der Waals surface area contributed by atoms with E-state index in [1.165, 1.54) is 25.5 Å². The molecule has 0 atom stereocenters. The lowest BCUT2D eigenvalue weighted by Gasteiger charge is -2.05. The van der Waals surface area contributed by atoms with Gasteiger partial charge >= 0.3 is 5.97 Å². The van der Waals surface area contributed by atoms with Gasteiger partial charge < -0.3 is 19.8 Å². The van der Waals surface area contributed by atoms with Gasteiger partial charge in [-0.1, -0.05) is 6.42 Å². The van der Waals surface area contributed by atoms with E-state index in [0.29, 0.717) is 18.7 Å². The van der Waals surface area contributed by atoms with Gasteiger partial charge in [0.15, 0.2) is 0 Å². The maximum atomic E-state index is 11.5. The van der Waals surface area contributed by atoms with Crippen molar-refractivity contribution in [3.63, 3.8) is 0 Å². The van der Waals surface area contributed by atoms with Crippen LogP contribution in [0, 0.1) is 0 Å². The highest BCUT2D eigenvalue weighted by Crippen LogP contribution is 2.01. The number of amides is 2. The normalized spacial score (nSPS) is 10.5. The van der Waals surface area contributed by atoms with Crippen LogP contribution in [0.15, 0.2) is 28.9 Å². The van der Waals surface area contributed by atoms with Gasteiger partial charge in [-0.3, -0.25) is 14.4 Å². The fourth-order valence-corrected chi connectivity index (χ4v) is 1.73. The SMILES string of the molecule is COC(=O)CCCCCNC(=O)CNC(=O)C=Cc1ccco1. The molecule has 0 spiro atoms. The number of ether oxygens (including phenoxy) is 1. The molecule has 126 valence electrons. The van der Waals surface area contributed by atoms with Crippen molar-refractivity contribution in [2.45, 2.75) is 25.7 Å². The summed E-state index contributed by atoms with van der Waals surface area (Å²) in [4.78, 5) is 33.9. The molecule has 0 aliphatic rings. The lowest BCUT2D eigenvalue weighted by molar-refractivity contribution is -0.140. The number of unbranched alkanes of at least 4 members (excludes halogenated alkanes) is 2. The first kappa shape index (κ1) is 18.5. The van der Waals surface area contributed by atoms with Crippen molar-refractivity contribution in [3.05, 3.63) is 30.2 Å². The molecule has 1 aromatic heterocycles. The van der Waals surface area contributed by atoms with Crippen LogP contribution in [-0.2, 0) is 19.1 Å². The van der Waals surface area contributed by atoms with Gasteiger partial charge in [0.05, 0.1) is 19.9 Å². The van der Waals surface area contributed by atoms with Gasteiger partial charge in [0.1, 0.15) is 5.76 Å². The van der Waals surface area contributed by atoms with Gasteiger partial charge in [0.25, 0.3) is 0 Å². The minimum Gasteiger partial charge on any atom is -0.469 e. The van der Waals surface area contributed by atoms with Crippen LogP contribution in [0.3, 0.4) is 0 Å². The number of esters is 1. The minimum atomic E-state index is -0.366. The second kappa shape index (κ2) is 11.1. The second-order valence-corrected chi connectivity index (χ2v) is 4.80. The lowest BCUT2D eigenvalue weighted by Crippen LogP contribution is -2.36. The first-order valence-corrected chi connectivity index (χ1v) is 7.44. The van der Waals surface area contributed by atoms with Crippen LogP contribution in [0.2, 0.25) is 0 Å². The topological polar surface area (TPSA) is 97.6 Å². The summed E-state index contributed by atoms with van der Waals surface area (Å²) >= 11 is 0. The van der Waals surface area contributed by atoms with Crippen molar-refractivity contribution < 1.29 is 23.5 Å². The quantitative estimate of drug-likeness (QED) is 0.384. The Morgan fingerprint density at radius 1 is 1.22 bits per heavy atom. The molecule has 0 aromatic carbocycles. The predicted molar refractivity (Wildman–Crippen MR) is 84.2 cm³/mol. The summed E-state index contributed by atoms with van der Waals surface area (Å²) in [5.41, 5.74) is 0. The number of rotatable bonds is 10. The maximum Gasteiger partial charge on any atom is 0.305 e. The molecule has 0 aliphatic carbocycles. The van der Waals surface area contributed by atoms with Gasteiger partial charge in [-0.05, 0) is 31.1 Å². The van der Waals surface area contributed by atoms with Gasteiger partial charge in [-0.2, -0.15) is 0 Å². The zero-order valence-corrected chi connectivity index (χ0v) is 13.2. The summed E-state index contributed by atoms with van der Waals surface area (Å²) in [7, 11) is 1.36. The molecule has 1 rings (SSSR count). The highest BCUT2D eigenvalue weighted by Gasteiger charge is 2.03. The molecule has 0 saturated carbocycles. The van der Waals surface area contributed by atoms with E-state index in [2.05, 4.69) is 15.4 Å². The number of carbonyl (C=O) groups is 3. The molecular weight excluding hydrogens is 300 g/mol. The fourth-order valence-electron chi connectivity index (χ4n) is 1.73. The fraction of sp³-hybridized carbons (Fsp3) is 0.438. The Morgan fingerprint density at radius 2 is 2.04 bits per heavy atom. The highest BCUT2D eigenvalue weighted by atomic mass is 16.5. The van der Waals surface area contributed by atoms with E-state index in [4.69, 9.17) is 4.42 Å². The summed E-state index contributed by atoms with van der Waals surface area (Å²) in [6.07, 6.45) is 7.06. The summed E-state index contributed by atoms with van der Waals surface area (Å²) in [5, 5.41) is 5.18. The molecule has 2 amide bonds. The van der Waals surface area contributed by atoms with Crippen molar-refractivity contribution in [2.24, 2.45) is 0 Å². The van der Waals surface area contributed by atoms with Crippen molar-refractivity contribution in [2.75, 3.05) is 20.2 Å². The van der Waals surface area contributed by atoms with E-state index in [1.807, 2.05) is 0 Å². The van der Waals surface area contributed by atoms with Crippen molar-refractivity contribution in [1.29, 1.82) is 0 Å². The Labute approximate surface area is 135 Å². The van der Waals surface area contributed by atoms with Gasteiger partial charge in [-0.25, -0.2) is 0 Å². The Hall–Kier alpha value is -2.57. The van der Waals surface area contributed by atoms with E-state index < -0.39 is 0 Å². The zero-order valence-electron chi connectivity index (χ0n) is 13.2. The third-order valence-corrected chi connectivity index (χ3v) is 2.97. The smallest absolute Gasteiger partial charge is 0.305 e. The summed E-state index contributed by atoms with van der Waals surface area (Å²) in [6.45, 7) is 0.432. The number of hydrogen-bond donors (Lipinski definition) is 2. The monoisotopic (exact) mass is 322 g/mol. The van der Waals surface area contributed by atoms with Crippen molar-refractivity contribution in [1.82, 2.24) is 10.6 Å². The van der Waals surface area contributed by atoms with E-state index in [1.54, 1.807) is 12.1 Å². The van der Waals surface area contributed by atoms with Crippen molar-refractivity contribution >= 4 is 23.9 Å². The predicted octanol–water partition coefficient (Wildman–Crippen LogP) is 1.26. The number of nitrogens with one attached hydrogen (secondary N) is 2. The average molecular weight is 322 g/mol. The average Bonchev–Trinajstić information content (AvgIpc) is 3.07. The molecule has 0 saturated heterocycles. The van der Waals surface area contributed by atoms with E-state index >= 15 is 0 Å². The number of methoxy groups -OCH3 is 1. The van der Waals surface area contributed by atoms with Crippen LogP contribution >= 0.6 is 0 Å². The summed E-state index contributed by atoms with van der Waals surface area (Å²) < 4.78 is 9.57. The number of hydrogen-bond acceptors (Lipinski definition) is 5. The first-order chi connectivity index (χ1) is 11.1. The molecule has 0 radical (unpaired) electrons. The first-order valence-electron chi connectivity index (χ1n) is 7.44. The molecule has 1 aromatic rings. The Kier molecular flexibility index (Phi) is 8.88. The third-order valence-electron chi connectivity index (χ3n) is 2.97. The molecule has 0 aliphatic heterocycles. The summed E-state index contributed by atoms with van der Waals surface area (Å²) in [5.74, 6) is -0.275. The van der Waals surface area contributed by atoms with Gasteiger partial charge in [0.2, 0.25) is 11.8 Å². The van der Waals surface area contributed by atoms with Crippen LogP contribution < -0.4 is 10.6 Å². The van der Waals surface area contributed by atoms with Crippen LogP contribution in [-0.4, -0.2) is 38.0 Å². The lowest BCUT2D eigenvalue weighted by atomic mass is 10.2. The molecule has 0 bridgehead atoms. The molecule has 23 heavy (non-hydrogen) atoms. The van der Waals surface area contributed by atoms with E-state index in [9.17, 15) is 14.4 Å². The van der Waals surface area contributed by atoms with Crippen LogP contribution in [0.5, 0.6) is 0 Å². The number of carbonyl (C=O) groups excluding carboxylic acids is 3. The summed E-state index contributed by atoms with van der Waals surface area (Å²) in [6, 6.07) is 3.44. The Bertz CT molecular complexity index is 523. The molecule has 7 heteroatoms. The van der Waals surface area contributed by atoms with Crippen LogP contribution in [0.1, 0.15) is 31.4 Å². The zero-order chi connectivity index (χ0) is 16.9. The number of furan rings is 1. The van der Waals surface area contributed by atoms with Crippen LogP contribution in [0.25, 0.3) is 6.08 Å². The maximum absolute atomic E-state index is 11.5. The third kappa shape index (κ3) is 9.13. The van der Waals surface area contributed by atoms with Gasteiger partial charge in [0, 0.05) is 19.0 Å². The van der Waals surface area contributed by atoms with E-state index in [0.717, 1.165) is 19.3 Å². The molecule has 2 N–H and O–H groups in total. The molecule has 1 heterocycles. The van der Waals surface area contributed by atoms with Crippen LogP contribution in [0.4, 0.5) is 0 Å².